The Bertz CT molecular complexity index is 663. The number of pyridine rings is 1. The number of carbonyl (C=O) groups is 1. The van der Waals surface area contributed by atoms with E-state index in [1.165, 1.54) is 0 Å². The van der Waals surface area contributed by atoms with Crippen molar-refractivity contribution in [1.29, 1.82) is 0 Å². The van der Waals surface area contributed by atoms with E-state index in [0.717, 1.165) is 43.5 Å². The highest BCUT2D eigenvalue weighted by molar-refractivity contribution is 5.83. The quantitative estimate of drug-likeness (QED) is 0.810. The first-order valence-electron chi connectivity index (χ1n) is 8.51. The molecule has 128 valence electrons. The van der Waals surface area contributed by atoms with E-state index in [9.17, 15) is 4.79 Å². The predicted octanol–water partition coefficient (Wildman–Crippen LogP) is 1.65. The van der Waals surface area contributed by atoms with Crippen molar-refractivity contribution in [3.63, 3.8) is 0 Å². The molecular formula is C18H25N5O. The van der Waals surface area contributed by atoms with E-state index in [-0.39, 0.29) is 11.9 Å². The van der Waals surface area contributed by atoms with Crippen LogP contribution in [0.3, 0.4) is 0 Å². The Balaban J connectivity index is 1.70. The first-order valence-corrected chi connectivity index (χ1v) is 8.51. The van der Waals surface area contributed by atoms with Crippen molar-refractivity contribution >= 4 is 5.91 Å². The van der Waals surface area contributed by atoms with Gasteiger partial charge in [0.2, 0.25) is 5.91 Å². The maximum Gasteiger partial charge on any atom is 0.244 e. The lowest BCUT2D eigenvalue weighted by Crippen LogP contribution is -2.41. The van der Waals surface area contributed by atoms with Gasteiger partial charge in [0.25, 0.3) is 0 Å². The lowest BCUT2D eigenvalue weighted by Gasteiger charge is -2.30. The molecule has 0 spiro atoms. The number of nitrogens with zero attached hydrogens (tertiary/aromatic N) is 5. The standard InChI is InChI=1S/C18H25N5O/c1-21(11-7-15-12-20-22(2)14-15)18(24)17(23-9-3-4-10-23)16-6-5-8-19-13-16/h5-6,8,12-14,17H,3-4,7,9-11H2,1-2H3. The van der Waals surface area contributed by atoms with Crippen molar-refractivity contribution in [3.8, 4) is 0 Å². The average Bonchev–Trinajstić information content (AvgIpc) is 3.26. The van der Waals surface area contributed by atoms with E-state index in [2.05, 4.69) is 15.0 Å². The molecule has 3 rings (SSSR count). The first kappa shape index (κ1) is 16.6. The molecule has 0 N–H and O–H groups in total. The number of aryl methyl sites for hydroxylation is 1. The molecule has 1 fully saturated rings. The number of aromatic nitrogens is 3. The topological polar surface area (TPSA) is 54.3 Å². The highest BCUT2D eigenvalue weighted by atomic mass is 16.2. The summed E-state index contributed by atoms with van der Waals surface area (Å²) in [4.78, 5) is 21.4. The molecule has 1 aliphatic heterocycles. The maximum absolute atomic E-state index is 13.1. The van der Waals surface area contributed by atoms with Gasteiger partial charge in [-0.2, -0.15) is 5.10 Å². The average molecular weight is 327 g/mol. The molecule has 0 aromatic carbocycles. The smallest absolute Gasteiger partial charge is 0.244 e. The molecule has 1 unspecified atom stereocenters. The maximum atomic E-state index is 13.1. The van der Waals surface area contributed by atoms with Crippen LogP contribution in [0.4, 0.5) is 0 Å². The molecule has 1 atom stereocenters. The van der Waals surface area contributed by atoms with Gasteiger partial charge in [0, 0.05) is 39.2 Å². The van der Waals surface area contributed by atoms with Crippen LogP contribution < -0.4 is 0 Å². The Morgan fingerprint density at radius 2 is 2.12 bits per heavy atom. The van der Waals surface area contributed by atoms with Gasteiger partial charge in [0.05, 0.1) is 6.20 Å². The van der Waals surface area contributed by atoms with E-state index in [4.69, 9.17) is 0 Å². The van der Waals surface area contributed by atoms with Crippen molar-refractivity contribution in [1.82, 2.24) is 24.6 Å². The number of hydrogen-bond acceptors (Lipinski definition) is 4. The Hall–Kier alpha value is -2.21. The lowest BCUT2D eigenvalue weighted by molar-refractivity contribution is -0.135. The van der Waals surface area contributed by atoms with Crippen LogP contribution in [0, 0.1) is 0 Å². The minimum atomic E-state index is -0.222. The van der Waals surface area contributed by atoms with Crippen LogP contribution in [0.5, 0.6) is 0 Å². The number of likely N-dealkylation sites (tertiary alicyclic amines) is 1. The fourth-order valence-electron chi connectivity index (χ4n) is 3.26. The van der Waals surface area contributed by atoms with Crippen molar-refractivity contribution in [2.24, 2.45) is 7.05 Å². The number of likely N-dealkylation sites (N-methyl/N-ethyl adjacent to an activating group) is 1. The second-order valence-electron chi connectivity index (χ2n) is 6.46. The normalized spacial score (nSPS) is 16.2. The molecule has 1 amide bonds. The summed E-state index contributed by atoms with van der Waals surface area (Å²) in [6.45, 7) is 2.64. The summed E-state index contributed by atoms with van der Waals surface area (Å²) in [5.74, 6) is 0.147. The first-order chi connectivity index (χ1) is 11.6. The van der Waals surface area contributed by atoms with Crippen LogP contribution in [0.15, 0.2) is 36.9 Å². The third-order valence-corrected chi connectivity index (χ3v) is 4.61. The number of hydrogen-bond donors (Lipinski definition) is 0. The van der Waals surface area contributed by atoms with Gasteiger partial charge < -0.3 is 4.90 Å². The molecule has 0 radical (unpaired) electrons. The highest BCUT2D eigenvalue weighted by Crippen LogP contribution is 2.26. The zero-order valence-electron chi connectivity index (χ0n) is 14.4. The Morgan fingerprint density at radius 3 is 2.75 bits per heavy atom. The van der Waals surface area contributed by atoms with Crippen molar-refractivity contribution in [2.45, 2.75) is 25.3 Å². The molecule has 1 aliphatic rings. The monoisotopic (exact) mass is 327 g/mol. The number of amides is 1. The summed E-state index contributed by atoms with van der Waals surface area (Å²) < 4.78 is 1.79. The van der Waals surface area contributed by atoms with Gasteiger partial charge in [0.15, 0.2) is 0 Å². The molecule has 0 aliphatic carbocycles. The van der Waals surface area contributed by atoms with Crippen LogP contribution in [0.25, 0.3) is 0 Å². The molecule has 6 heteroatoms. The number of rotatable bonds is 6. The molecule has 1 saturated heterocycles. The molecule has 2 aromatic rings. The summed E-state index contributed by atoms with van der Waals surface area (Å²) in [5, 5.41) is 4.18. The van der Waals surface area contributed by atoms with Crippen LogP contribution in [-0.4, -0.2) is 57.2 Å². The highest BCUT2D eigenvalue weighted by Gasteiger charge is 2.31. The second-order valence-corrected chi connectivity index (χ2v) is 6.46. The largest absolute Gasteiger partial charge is 0.344 e. The molecule has 2 aromatic heterocycles. The molecule has 0 saturated carbocycles. The van der Waals surface area contributed by atoms with E-state index in [0.29, 0.717) is 6.54 Å². The van der Waals surface area contributed by atoms with Gasteiger partial charge in [-0.25, -0.2) is 0 Å². The van der Waals surface area contributed by atoms with Gasteiger partial charge in [-0.15, -0.1) is 0 Å². The van der Waals surface area contributed by atoms with E-state index in [1.54, 1.807) is 10.9 Å². The summed E-state index contributed by atoms with van der Waals surface area (Å²) in [5.41, 5.74) is 2.13. The summed E-state index contributed by atoms with van der Waals surface area (Å²) >= 11 is 0. The zero-order chi connectivity index (χ0) is 16.9. The predicted molar refractivity (Wildman–Crippen MR) is 92.3 cm³/mol. The molecule has 3 heterocycles. The summed E-state index contributed by atoms with van der Waals surface area (Å²) in [7, 11) is 3.79. The Morgan fingerprint density at radius 1 is 1.33 bits per heavy atom. The van der Waals surface area contributed by atoms with Crippen molar-refractivity contribution < 1.29 is 4.79 Å². The van der Waals surface area contributed by atoms with E-state index >= 15 is 0 Å². The van der Waals surface area contributed by atoms with Gasteiger partial charge in [-0.05, 0) is 49.5 Å². The minimum absolute atomic E-state index is 0.147. The van der Waals surface area contributed by atoms with Gasteiger partial charge in [-0.1, -0.05) is 6.07 Å². The van der Waals surface area contributed by atoms with Crippen LogP contribution >= 0.6 is 0 Å². The van der Waals surface area contributed by atoms with E-state index in [1.807, 2.05) is 49.7 Å². The van der Waals surface area contributed by atoms with Crippen molar-refractivity contribution in [2.75, 3.05) is 26.7 Å². The SMILES string of the molecule is CN(CCc1cnn(C)c1)C(=O)C(c1cccnc1)N1CCCC1. The third-order valence-electron chi connectivity index (χ3n) is 4.61. The fraction of sp³-hybridized carbons (Fsp3) is 0.500. The van der Waals surface area contributed by atoms with Gasteiger partial charge in [0.1, 0.15) is 6.04 Å². The minimum Gasteiger partial charge on any atom is -0.344 e. The van der Waals surface area contributed by atoms with Crippen LogP contribution in [0.2, 0.25) is 0 Å². The molecule has 6 nitrogen and oxygen atoms in total. The van der Waals surface area contributed by atoms with Crippen LogP contribution in [0.1, 0.15) is 30.0 Å². The Kier molecular flexibility index (Phi) is 5.25. The number of carbonyl (C=O) groups excluding carboxylic acids is 1. The lowest BCUT2D eigenvalue weighted by atomic mass is 10.1. The third kappa shape index (κ3) is 3.82. The van der Waals surface area contributed by atoms with Gasteiger partial charge in [-0.3, -0.25) is 19.4 Å². The van der Waals surface area contributed by atoms with Crippen LogP contribution in [-0.2, 0) is 18.3 Å². The summed E-state index contributed by atoms with van der Waals surface area (Å²) in [6.07, 6.45) is 10.6. The molecule has 0 bridgehead atoms. The summed E-state index contributed by atoms with van der Waals surface area (Å²) in [6, 6.07) is 3.68. The van der Waals surface area contributed by atoms with Gasteiger partial charge >= 0.3 is 0 Å². The fourth-order valence-corrected chi connectivity index (χ4v) is 3.26. The zero-order valence-corrected chi connectivity index (χ0v) is 14.4. The molecular weight excluding hydrogens is 302 g/mol. The van der Waals surface area contributed by atoms with E-state index < -0.39 is 0 Å². The molecule has 24 heavy (non-hydrogen) atoms. The Labute approximate surface area is 143 Å². The second kappa shape index (κ2) is 7.57. The van der Waals surface area contributed by atoms with Crippen molar-refractivity contribution in [3.05, 3.63) is 48.0 Å².